The molecule has 2 nitrogen and oxygen atoms in total. The molecule has 0 amide bonds. The van der Waals surface area contributed by atoms with Gasteiger partial charge in [0, 0.05) is 23.9 Å². The predicted octanol–water partition coefficient (Wildman–Crippen LogP) is 5.32. The molecule has 1 N–H and O–H groups in total. The largest absolute Gasteiger partial charge is 0.508 e. The third-order valence-electron chi connectivity index (χ3n) is 6.84. The van der Waals surface area contributed by atoms with Gasteiger partial charge in [-0.15, -0.1) is 0 Å². The monoisotopic (exact) mass is 361 g/mol. The van der Waals surface area contributed by atoms with E-state index < -0.39 is 0 Å². The third-order valence-corrected chi connectivity index (χ3v) is 6.84. The fourth-order valence-corrected chi connectivity index (χ4v) is 5.56. The van der Waals surface area contributed by atoms with E-state index in [1.165, 1.54) is 36.8 Å². The number of allylic oxidation sites excluding steroid dienone is 1. The SMILES string of the molecule is C/C=C\C1C2CCCC1(c1cccc(O)c1)CCN2CCc1ccccc1. The van der Waals surface area contributed by atoms with Gasteiger partial charge in [0.2, 0.25) is 0 Å². The molecule has 2 fully saturated rings. The number of hydrogen-bond acceptors (Lipinski definition) is 2. The van der Waals surface area contributed by atoms with Gasteiger partial charge >= 0.3 is 0 Å². The first kappa shape index (κ1) is 18.3. The number of nitrogens with zero attached hydrogens (tertiary/aromatic N) is 1. The first-order chi connectivity index (χ1) is 13.2. The number of likely N-dealkylation sites (tertiary alicyclic amines) is 1. The Morgan fingerprint density at radius 3 is 2.74 bits per heavy atom. The zero-order chi connectivity index (χ0) is 18.7. The molecule has 0 aromatic heterocycles. The molecule has 2 aliphatic rings. The second kappa shape index (κ2) is 7.90. The van der Waals surface area contributed by atoms with Crippen LogP contribution in [-0.2, 0) is 11.8 Å². The van der Waals surface area contributed by atoms with Crippen LogP contribution in [0.4, 0.5) is 0 Å². The molecule has 27 heavy (non-hydrogen) atoms. The number of fused-ring (bicyclic) bond motifs is 2. The van der Waals surface area contributed by atoms with Gasteiger partial charge < -0.3 is 5.11 Å². The Morgan fingerprint density at radius 2 is 1.96 bits per heavy atom. The Morgan fingerprint density at radius 1 is 1.11 bits per heavy atom. The second-order valence-corrected chi connectivity index (χ2v) is 8.24. The Bertz CT molecular complexity index is 784. The number of piperidine rings is 1. The van der Waals surface area contributed by atoms with E-state index in [-0.39, 0.29) is 5.41 Å². The molecule has 2 bridgehead atoms. The molecule has 142 valence electrons. The minimum atomic E-state index is 0.178. The zero-order valence-electron chi connectivity index (χ0n) is 16.3. The summed E-state index contributed by atoms with van der Waals surface area (Å²) in [5.74, 6) is 0.928. The highest BCUT2D eigenvalue weighted by molar-refractivity contribution is 5.37. The quantitative estimate of drug-likeness (QED) is 0.728. The van der Waals surface area contributed by atoms with Gasteiger partial charge in [0.15, 0.2) is 0 Å². The average Bonchev–Trinajstić information content (AvgIpc) is 2.69. The van der Waals surface area contributed by atoms with Crippen LogP contribution in [0.15, 0.2) is 66.7 Å². The van der Waals surface area contributed by atoms with E-state index in [4.69, 9.17) is 0 Å². The van der Waals surface area contributed by atoms with Crippen LogP contribution in [0.2, 0.25) is 0 Å². The molecule has 0 radical (unpaired) electrons. The first-order valence-electron chi connectivity index (χ1n) is 10.4. The van der Waals surface area contributed by atoms with Gasteiger partial charge in [-0.3, -0.25) is 4.90 Å². The van der Waals surface area contributed by atoms with Gasteiger partial charge in [0.05, 0.1) is 0 Å². The van der Waals surface area contributed by atoms with Gasteiger partial charge in [0.1, 0.15) is 5.75 Å². The van der Waals surface area contributed by atoms with Crippen molar-refractivity contribution in [1.82, 2.24) is 4.90 Å². The molecule has 3 atom stereocenters. The van der Waals surface area contributed by atoms with Crippen LogP contribution in [0.5, 0.6) is 5.75 Å². The average molecular weight is 362 g/mol. The van der Waals surface area contributed by atoms with Crippen molar-refractivity contribution >= 4 is 0 Å². The van der Waals surface area contributed by atoms with E-state index in [2.05, 4.69) is 60.4 Å². The second-order valence-electron chi connectivity index (χ2n) is 8.24. The van der Waals surface area contributed by atoms with Crippen molar-refractivity contribution in [3.8, 4) is 5.75 Å². The van der Waals surface area contributed by atoms with Crippen LogP contribution in [0.1, 0.15) is 43.7 Å². The van der Waals surface area contributed by atoms with Gasteiger partial charge in [-0.25, -0.2) is 0 Å². The maximum atomic E-state index is 10.1. The molecular weight excluding hydrogens is 330 g/mol. The number of rotatable bonds is 5. The normalized spacial score (nSPS) is 28.5. The number of aromatic hydroxyl groups is 1. The van der Waals surface area contributed by atoms with Crippen LogP contribution < -0.4 is 0 Å². The summed E-state index contributed by atoms with van der Waals surface area (Å²) in [6, 6.07) is 19.5. The molecule has 1 saturated heterocycles. The summed E-state index contributed by atoms with van der Waals surface area (Å²) >= 11 is 0. The molecule has 1 aliphatic carbocycles. The lowest BCUT2D eigenvalue weighted by atomic mass is 9.56. The molecule has 1 heterocycles. The van der Waals surface area contributed by atoms with E-state index in [0.29, 0.717) is 17.7 Å². The summed E-state index contributed by atoms with van der Waals surface area (Å²) in [6.07, 6.45) is 10.8. The Hall–Kier alpha value is -2.06. The van der Waals surface area contributed by atoms with E-state index in [9.17, 15) is 5.11 Å². The molecule has 1 saturated carbocycles. The molecule has 4 rings (SSSR count). The van der Waals surface area contributed by atoms with E-state index in [1.54, 1.807) is 6.07 Å². The van der Waals surface area contributed by atoms with E-state index in [1.807, 2.05) is 12.1 Å². The third kappa shape index (κ3) is 3.55. The number of benzene rings is 2. The molecule has 0 spiro atoms. The minimum Gasteiger partial charge on any atom is -0.508 e. The number of phenolic OH excluding ortho intramolecular Hbond substituents is 1. The smallest absolute Gasteiger partial charge is 0.115 e. The van der Waals surface area contributed by atoms with Crippen LogP contribution in [-0.4, -0.2) is 29.1 Å². The van der Waals surface area contributed by atoms with Gasteiger partial charge in [0.25, 0.3) is 0 Å². The van der Waals surface area contributed by atoms with Crippen LogP contribution in [0.3, 0.4) is 0 Å². The lowest BCUT2D eigenvalue weighted by Gasteiger charge is -2.56. The Kier molecular flexibility index (Phi) is 5.36. The van der Waals surface area contributed by atoms with Gasteiger partial charge in [-0.05, 0) is 62.4 Å². The van der Waals surface area contributed by atoms with Crippen LogP contribution in [0, 0.1) is 5.92 Å². The zero-order valence-corrected chi connectivity index (χ0v) is 16.3. The van der Waals surface area contributed by atoms with Crippen molar-refractivity contribution in [2.75, 3.05) is 13.1 Å². The van der Waals surface area contributed by atoms with Crippen molar-refractivity contribution in [2.24, 2.45) is 5.92 Å². The minimum absolute atomic E-state index is 0.178. The van der Waals surface area contributed by atoms with Crippen LogP contribution >= 0.6 is 0 Å². The highest BCUT2D eigenvalue weighted by Gasteiger charge is 2.50. The highest BCUT2D eigenvalue weighted by atomic mass is 16.3. The summed E-state index contributed by atoms with van der Waals surface area (Å²) in [4.78, 5) is 2.73. The maximum Gasteiger partial charge on any atom is 0.115 e. The van der Waals surface area contributed by atoms with E-state index >= 15 is 0 Å². The summed E-state index contributed by atoms with van der Waals surface area (Å²) in [5, 5.41) is 10.1. The van der Waals surface area contributed by atoms with Crippen molar-refractivity contribution in [3.63, 3.8) is 0 Å². The maximum absolute atomic E-state index is 10.1. The van der Waals surface area contributed by atoms with Crippen molar-refractivity contribution in [3.05, 3.63) is 77.9 Å². The van der Waals surface area contributed by atoms with Crippen LogP contribution in [0.25, 0.3) is 0 Å². The van der Waals surface area contributed by atoms with E-state index in [0.717, 1.165) is 19.5 Å². The summed E-state index contributed by atoms with van der Waals surface area (Å²) in [7, 11) is 0. The van der Waals surface area contributed by atoms with Gasteiger partial charge in [-0.1, -0.05) is 61.0 Å². The van der Waals surface area contributed by atoms with Crippen molar-refractivity contribution in [2.45, 2.75) is 50.5 Å². The molecule has 1 aliphatic heterocycles. The lowest BCUT2D eigenvalue weighted by Crippen LogP contribution is -2.58. The Labute approximate surface area is 163 Å². The topological polar surface area (TPSA) is 23.5 Å². The Balaban J connectivity index is 1.59. The number of phenols is 1. The first-order valence-corrected chi connectivity index (χ1v) is 10.4. The molecular formula is C25H31NO. The van der Waals surface area contributed by atoms with Crippen molar-refractivity contribution < 1.29 is 5.11 Å². The summed E-state index contributed by atoms with van der Waals surface area (Å²) in [5.41, 5.74) is 2.94. The molecule has 2 aromatic rings. The summed E-state index contributed by atoms with van der Waals surface area (Å²) in [6.45, 7) is 4.44. The van der Waals surface area contributed by atoms with Crippen molar-refractivity contribution in [1.29, 1.82) is 0 Å². The molecule has 2 aromatic carbocycles. The molecule has 3 unspecified atom stereocenters. The standard InChI is InChI=1S/C25H31NO/c1-2-8-23-24-13-7-15-25(23,21-11-6-12-22(27)19-21)16-18-26(24)17-14-20-9-4-3-5-10-20/h2-6,8-12,19,23-24,27H,7,13-18H2,1H3/b8-2-. The van der Waals surface area contributed by atoms with Gasteiger partial charge in [-0.2, -0.15) is 0 Å². The fraction of sp³-hybridized carbons (Fsp3) is 0.440. The predicted molar refractivity (Wildman–Crippen MR) is 112 cm³/mol. The lowest BCUT2D eigenvalue weighted by molar-refractivity contribution is 0.0113. The fourth-order valence-electron chi connectivity index (χ4n) is 5.56. The number of hydrogen-bond donors (Lipinski definition) is 1. The highest BCUT2D eigenvalue weighted by Crippen LogP contribution is 2.52. The molecule has 2 heteroatoms. The summed E-state index contributed by atoms with van der Waals surface area (Å²) < 4.78 is 0.